The summed E-state index contributed by atoms with van der Waals surface area (Å²) in [4.78, 5) is 5.27. The molecule has 0 radical (unpaired) electrons. The van der Waals surface area contributed by atoms with Crippen LogP contribution >= 0.6 is 0 Å². The van der Waals surface area contributed by atoms with E-state index >= 15 is 0 Å². The van der Waals surface area contributed by atoms with Gasteiger partial charge in [0.2, 0.25) is 0 Å². The van der Waals surface area contributed by atoms with Gasteiger partial charge in [0.25, 0.3) is 0 Å². The maximum absolute atomic E-state index is 6.12. The molecular formula is C16H29N5. The van der Waals surface area contributed by atoms with Crippen molar-refractivity contribution in [3.8, 4) is 0 Å². The fourth-order valence-electron chi connectivity index (χ4n) is 3.82. The minimum atomic E-state index is 0.318. The van der Waals surface area contributed by atoms with Crippen molar-refractivity contribution in [2.24, 2.45) is 5.73 Å². The Balaban J connectivity index is 1.74. The van der Waals surface area contributed by atoms with Crippen LogP contribution in [-0.2, 0) is 0 Å². The summed E-state index contributed by atoms with van der Waals surface area (Å²) in [5.41, 5.74) is 7.39. The molecular weight excluding hydrogens is 262 g/mol. The van der Waals surface area contributed by atoms with Crippen molar-refractivity contribution in [3.63, 3.8) is 0 Å². The SMILES string of the molecule is CC(C)n1cc(C(CN)N2CCCN3CCCC3C2)cn1. The van der Waals surface area contributed by atoms with Crippen molar-refractivity contribution >= 4 is 0 Å². The average molecular weight is 291 g/mol. The van der Waals surface area contributed by atoms with Crippen LogP contribution < -0.4 is 5.73 Å². The Kier molecular flexibility index (Phi) is 4.62. The zero-order valence-electron chi connectivity index (χ0n) is 13.4. The maximum atomic E-state index is 6.12. The molecule has 0 aliphatic carbocycles. The van der Waals surface area contributed by atoms with Crippen LogP contribution in [0.5, 0.6) is 0 Å². The average Bonchev–Trinajstić information content (AvgIpc) is 3.06. The van der Waals surface area contributed by atoms with E-state index in [4.69, 9.17) is 5.73 Å². The van der Waals surface area contributed by atoms with Gasteiger partial charge in [0.1, 0.15) is 0 Å². The molecule has 5 nitrogen and oxygen atoms in total. The van der Waals surface area contributed by atoms with Gasteiger partial charge in [-0.3, -0.25) is 14.5 Å². The molecule has 2 aliphatic rings. The third-order valence-electron chi connectivity index (χ3n) is 5.03. The largest absolute Gasteiger partial charge is 0.329 e. The van der Waals surface area contributed by atoms with Gasteiger partial charge in [0.05, 0.1) is 12.2 Å². The number of rotatable bonds is 4. The van der Waals surface area contributed by atoms with E-state index < -0.39 is 0 Å². The Bertz CT molecular complexity index is 455. The third kappa shape index (κ3) is 3.15. The lowest BCUT2D eigenvalue weighted by Crippen LogP contribution is -2.40. The van der Waals surface area contributed by atoms with E-state index in [1.165, 1.54) is 37.9 Å². The van der Waals surface area contributed by atoms with Crippen LogP contribution in [0.3, 0.4) is 0 Å². The fourth-order valence-corrected chi connectivity index (χ4v) is 3.82. The molecule has 1 aromatic heterocycles. The maximum Gasteiger partial charge on any atom is 0.0538 e. The highest BCUT2D eigenvalue weighted by Crippen LogP contribution is 2.27. The van der Waals surface area contributed by atoms with Gasteiger partial charge in [0, 0.05) is 43.5 Å². The highest BCUT2D eigenvalue weighted by atomic mass is 15.3. The van der Waals surface area contributed by atoms with Crippen LogP contribution in [0.15, 0.2) is 12.4 Å². The van der Waals surface area contributed by atoms with Gasteiger partial charge in [-0.25, -0.2) is 0 Å². The molecule has 0 amide bonds. The predicted molar refractivity (Wildman–Crippen MR) is 85.2 cm³/mol. The van der Waals surface area contributed by atoms with E-state index in [0.717, 1.165) is 19.1 Å². The molecule has 21 heavy (non-hydrogen) atoms. The smallest absolute Gasteiger partial charge is 0.0538 e. The summed E-state index contributed by atoms with van der Waals surface area (Å²) in [6.45, 7) is 9.86. The van der Waals surface area contributed by atoms with Gasteiger partial charge in [0.15, 0.2) is 0 Å². The molecule has 2 atom stereocenters. The van der Waals surface area contributed by atoms with Gasteiger partial charge in [-0.1, -0.05) is 0 Å². The second-order valence-electron chi connectivity index (χ2n) is 6.78. The van der Waals surface area contributed by atoms with Crippen molar-refractivity contribution in [1.82, 2.24) is 19.6 Å². The van der Waals surface area contributed by atoms with Crippen molar-refractivity contribution in [1.29, 1.82) is 0 Å². The molecule has 2 fully saturated rings. The molecule has 1 aromatic rings. The Morgan fingerprint density at radius 2 is 2.10 bits per heavy atom. The van der Waals surface area contributed by atoms with Crippen LogP contribution in [0.4, 0.5) is 0 Å². The first-order valence-electron chi connectivity index (χ1n) is 8.41. The molecule has 0 aromatic carbocycles. The van der Waals surface area contributed by atoms with Crippen LogP contribution in [0.25, 0.3) is 0 Å². The molecule has 2 N–H and O–H groups in total. The molecule has 118 valence electrons. The first-order valence-corrected chi connectivity index (χ1v) is 8.41. The highest BCUT2D eigenvalue weighted by molar-refractivity contribution is 5.12. The summed E-state index contributed by atoms with van der Waals surface area (Å²) in [7, 11) is 0. The molecule has 3 heterocycles. The number of nitrogens with zero attached hydrogens (tertiary/aromatic N) is 4. The quantitative estimate of drug-likeness (QED) is 0.916. The number of hydrogen-bond donors (Lipinski definition) is 1. The fraction of sp³-hybridized carbons (Fsp3) is 0.812. The predicted octanol–water partition coefficient (Wildman–Crippen LogP) is 1.63. The van der Waals surface area contributed by atoms with Crippen molar-refractivity contribution in [3.05, 3.63) is 18.0 Å². The standard InChI is InChI=1S/C16H29N5/c1-13(2)21-11-14(10-18-21)16(9-17)20-8-4-7-19-6-3-5-15(19)12-20/h10-11,13,15-16H,3-9,12,17H2,1-2H3. The second-order valence-corrected chi connectivity index (χ2v) is 6.78. The second kappa shape index (κ2) is 6.46. The lowest BCUT2D eigenvalue weighted by molar-refractivity contribution is 0.176. The third-order valence-corrected chi connectivity index (χ3v) is 5.03. The molecule has 0 saturated carbocycles. The summed E-state index contributed by atoms with van der Waals surface area (Å²) in [5.74, 6) is 0. The Morgan fingerprint density at radius 1 is 1.29 bits per heavy atom. The van der Waals surface area contributed by atoms with Crippen molar-refractivity contribution < 1.29 is 0 Å². The summed E-state index contributed by atoms with van der Waals surface area (Å²) < 4.78 is 2.04. The lowest BCUT2D eigenvalue weighted by Gasteiger charge is -2.31. The van der Waals surface area contributed by atoms with Gasteiger partial charge in [-0.2, -0.15) is 5.10 Å². The lowest BCUT2D eigenvalue weighted by atomic mass is 10.1. The topological polar surface area (TPSA) is 50.3 Å². The van der Waals surface area contributed by atoms with Gasteiger partial charge in [-0.15, -0.1) is 0 Å². The van der Waals surface area contributed by atoms with Crippen LogP contribution in [0, 0.1) is 0 Å². The summed E-state index contributed by atoms with van der Waals surface area (Å²) in [5, 5.41) is 4.49. The Morgan fingerprint density at radius 3 is 2.81 bits per heavy atom. The van der Waals surface area contributed by atoms with E-state index in [9.17, 15) is 0 Å². The van der Waals surface area contributed by atoms with E-state index in [-0.39, 0.29) is 0 Å². The highest BCUT2D eigenvalue weighted by Gasteiger charge is 2.31. The van der Waals surface area contributed by atoms with Gasteiger partial charge < -0.3 is 5.73 Å². The first kappa shape index (κ1) is 15.0. The van der Waals surface area contributed by atoms with E-state index in [0.29, 0.717) is 18.6 Å². The molecule has 0 bridgehead atoms. The van der Waals surface area contributed by atoms with Crippen molar-refractivity contribution in [2.45, 2.75) is 51.2 Å². The van der Waals surface area contributed by atoms with E-state index in [1.807, 2.05) is 10.9 Å². The number of fused-ring (bicyclic) bond motifs is 1. The number of aromatic nitrogens is 2. The normalized spacial score (nSPS) is 26.0. The zero-order chi connectivity index (χ0) is 14.8. The van der Waals surface area contributed by atoms with Crippen LogP contribution in [-0.4, -0.2) is 58.3 Å². The zero-order valence-corrected chi connectivity index (χ0v) is 13.4. The van der Waals surface area contributed by atoms with Gasteiger partial charge in [-0.05, 0) is 46.2 Å². The monoisotopic (exact) mass is 291 g/mol. The molecule has 2 unspecified atom stereocenters. The number of hydrogen-bond acceptors (Lipinski definition) is 4. The minimum absolute atomic E-state index is 0.318. The van der Waals surface area contributed by atoms with Crippen LogP contribution in [0.1, 0.15) is 50.8 Å². The van der Waals surface area contributed by atoms with E-state index in [1.54, 1.807) is 0 Å². The summed E-state index contributed by atoms with van der Waals surface area (Å²) >= 11 is 0. The first-order chi connectivity index (χ1) is 10.2. The number of nitrogens with two attached hydrogens (primary N) is 1. The minimum Gasteiger partial charge on any atom is -0.329 e. The Hall–Kier alpha value is -0.910. The molecule has 2 saturated heterocycles. The molecule has 2 aliphatic heterocycles. The Labute approximate surface area is 128 Å². The molecule has 3 rings (SSSR count). The van der Waals surface area contributed by atoms with E-state index in [2.05, 4.69) is 34.9 Å². The summed E-state index contributed by atoms with van der Waals surface area (Å²) in [6.07, 6.45) is 8.15. The molecule has 0 spiro atoms. The molecule has 5 heteroatoms. The van der Waals surface area contributed by atoms with Crippen LogP contribution in [0.2, 0.25) is 0 Å². The summed E-state index contributed by atoms with van der Waals surface area (Å²) in [6, 6.07) is 1.46. The van der Waals surface area contributed by atoms with Crippen molar-refractivity contribution in [2.75, 3.05) is 32.7 Å². The van der Waals surface area contributed by atoms with Gasteiger partial charge >= 0.3 is 0 Å².